The van der Waals surface area contributed by atoms with Crippen LogP contribution in [-0.2, 0) is 28.6 Å². The van der Waals surface area contributed by atoms with Gasteiger partial charge in [0.15, 0.2) is 6.10 Å². The smallest absolute Gasteiger partial charge is 0.306 e. The van der Waals surface area contributed by atoms with E-state index in [-0.39, 0.29) is 31.1 Å². The molecule has 0 bridgehead atoms. The highest BCUT2D eigenvalue weighted by Gasteiger charge is 2.19. The van der Waals surface area contributed by atoms with Crippen LogP contribution in [0.25, 0.3) is 0 Å². The van der Waals surface area contributed by atoms with Crippen LogP contribution >= 0.6 is 0 Å². The second-order valence-corrected chi connectivity index (χ2v) is 21.4. The summed E-state index contributed by atoms with van der Waals surface area (Å²) in [5, 5.41) is 0. The quantitative estimate of drug-likeness (QED) is 0.0343. The molecule has 0 saturated carbocycles. The van der Waals surface area contributed by atoms with Crippen molar-refractivity contribution in [3.8, 4) is 0 Å². The molecular weight excluding hydrogens is 817 g/mol. The van der Waals surface area contributed by atoms with Gasteiger partial charge < -0.3 is 14.2 Å². The molecule has 0 spiro atoms. The molecule has 0 saturated heterocycles. The summed E-state index contributed by atoms with van der Waals surface area (Å²) in [5.41, 5.74) is 0. The summed E-state index contributed by atoms with van der Waals surface area (Å²) in [7, 11) is 0. The maximum absolute atomic E-state index is 12.9. The zero-order valence-corrected chi connectivity index (χ0v) is 45.3. The first-order chi connectivity index (χ1) is 32.3. The Morgan fingerprint density at radius 1 is 0.318 bits per heavy atom. The number of carbonyl (C=O) groups is 3. The van der Waals surface area contributed by atoms with Crippen molar-refractivity contribution in [1.29, 1.82) is 0 Å². The lowest BCUT2D eigenvalue weighted by Gasteiger charge is -2.18. The van der Waals surface area contributed by atoms with E-state index in [2.05, 4.69) is 34.6 Å². The number of hydrogen-bond acceptors (Lipinski definition) is 6. The molecule has 0 radical (unpaired) electrons. The number of carbonyl (C=O) groups excluding carboxylic acids is 3. The summed E-state index contributed by atoms with van der Waals surface area (Å²) in [6.45, 7) is 11.5. The zero-order valence-electron chi connectivity index (χ0n) is 45.3. The van der Waals surface area contributed by atoms with Crippen molar-refractivity contribution in [1.82, 2.24) is 0 Å². The van der Waals surface area contributed by atoms with E-state index in [1.807, 2.05) is 0 Å². The van der Waals surface area contributed by atoms with Crippen molar-refractivity contribution in [3.05, 3.63) is 0 Å². The van der Waals surface area contributed by atoms with Crippen LogP contribution < -0.4 is 0 Å². The van der Waals surface area contributed by atoms with E-state index in [0.717, 1.165) is 69.6 Å². The van der Waals surface area contributed by atoms with E-state index in [9.17, 15) is 14.4 Å². The predicted octanol–water partition coefficient (Wildman–Crippen LogP) is 19.7. The Morgan fingerprint density at radius 3 is 0.864 bits per heavy atom. The Labute approximate surface area is 412 Å². The SMILES string of the molecule is CCCCCCCCCCCCC(=O)OC[C@@H](COC(=O)CCCCCCCCCCCCCCCC(C)C)OC(=O)CCCCCCCCCCCCCCCCCCCCC(C)CC. The highest BCUT2D eigenvalue weighted by Crippen LogP contribution is 2.19. The summed E-state index contributed by atoms with van der Waals surface area (Å²) in [4.78, 5) is 38.1. The highest BCUT2D eigenvalue weighted by molar-refractivity contribution is 5.71. The van der Waals surface area contributed by atoms with Gasteiger partial charge in [0, 0.05) is 19.3 Å². The topological polar surface area (TPSA) is 78.9 Å². The largest absolute Gasteiger partial charge is 0.462 e. The Balaban J connectivity index is 4.21. The molecule has 1 unspecified atom stereocenters. The molecule has 66 heavy (non-hydrogen) atoms. The molecule has 6 nitrogen and oxygen atoms in total. The Morgan fingerprint density at radius 2 is 0.576 bits per heavy atom. The molecule has 0 amide bonds. The Bertz CT molecular complexity index is 1010. The second kappa shape index (κ2) is 52.8. The molecule has 0 rings (SSSR count). The molecular formula is C60H116O6. The van der Waals surface area contributed by atoms with Crippen LogP contribution in [-0.4, -0.2) is 37.2 Å². The molecule has 0 aromatic rings. The fourth-order valence-corrected chi connectivity index (χ4v) is 9.20. The maximum atomic E-state index is 12.9. The van der Waals surface area contributed by atoms with Crippen LogP contribution in [0, 0.1) is 11.8 Å². The normalized spacial score (nSPS) is 12.5. The van der Waals surface area contributed by atoms with Gasteiger partial charge in [-0.15, -0.1) is 0 Å². The van der Waals surface area contributed by atoms with Gasteiger partial charge in [0.2, 0.25) is 0 Å². The van der Waals surface area contributed by atoms with Crippen LogP contribution in [0.2, 0.25) is 0 Å². The summed E-state index contributed by atoms with van der Waals surface area (Å²) in [6, 6.07) is 0. The van der Waals surface area contributed by atoms with Gasteiger partial charge in [-0.3, -0.25) is 14.4 Å². The molecule has 2 atom stereocenters. The lowest BCUT2D eigenvalue weighted by molar-refractivity contribution is -0.167. The molecule has 0 N–H and O–H groups in total. The minimum Gasteiger partial charge on any atom is -0.462 e. The van der Waals surface area contributed by atoms with Gasteiger partial charge >= 0.3 is 17.9 Å². The van der Waals surface area contributed by atoms with E-state index in [4.69, 9.17) is 14.2 Å². The molecule has 0 fully saturated rings. The van der Waals surface area contributed by atoms with E-state index >= 15 is 0 Å². The van der Waals surface area contributed by atoms with Gasteiger partial charge in [-0.05, 0) is 31.1 Å². The third kappa shape index (κ3) is 51.8. The van der Waals surface area contributed by atoms with E-state index < -0.39 is 6.10 Å². The third-order valence-corrected chi connectivity index (χ3v) is 14.1. The number of hydrogen-bond donors (Lipinski definition) is 0. The second-order valence-electron chi connectivity index (χ2n) is 21.4. The molecule has 0 aromatic heterocycles. The standard InChI is InChI=1S/C60H116O6/c1-6-8-9-10-11-12-30-35-40-45-50-58(61)64-53-57(54-65-59(62)51-46-41-36-31-26-23-19-20-24-28-33-38-43-48-55(3)4)66-60(63)52-47-42-37-32-27-22-18-16-14-13-15-17-21-25-29-34-39-44-49-56(5)7-2/h55-57H,6-54H2,1-5H3/t56?,57-/m0/s1. The molecule has 0 heterocycles. The number of esters is 3. The third-order valence-electron chi connectivity index (χ3n) is 14.1. The van der Waals surface area contributed by atoms with Crippen molar-refractivity contribution in [2.45, 2.75) is 343 Å². The Hall–Kier alpha value is -1.59. The summed E-state index contributed by atoms with van der Waals surface area (Å²) in [5.74, 6) is 0.910. The predicted molar refractivity (Wildman–Crippen MR) is 284 cm³/mol. The first-order valence-electron chi connectivity index (χ1n) is 29.8. The van der Waals surface area contributed by atoms with Crippen molar-refractivity contribution < 1.29 is 28.6 Å². The van der Waals surface area contributed by atoms with Crippen LogP contribution in [0.1, 0.15) is 336 Å². The van der Waals surface area contributed by atoms with Gasteiger partial charge in [-0.25, -0.2) is 0 Å². The lowest BCUT2D eigenvalue weighted by atomic mass is 9.99. The van der Waals surface area contributed by atoms with E-state index in [1.54, 1.807) is 0 Å². The minimum absolute atomic E-state index is 0.0626. The van der Waals surface area contributed by atoms with Crippen LogP contribution in [0.4, 0.5) is 0 Å². The number of unbranched alkanes of at least 4 members (excludes halogenated alkanes) is 38. The summed E-state index contributed by atoms with van der Waals surface area (Å²) < 4.78 is 16.9. The van der Waals surface area contributed by atoms with E-state index in [0.29, 0.717) is 19.3 Å². The van der Waals surface area contributed by atoms with Crippen LogP contribution in [0.15, 0.2) is 0 Å². The van der Waals surface area contributed by atoms with Gasteiger partial charge in [0.25, 0.3) is 0 Å². The minimum atomic E-state index is -0.762. The molecule has 0 aliphatic rings. The zero-order chi connectivity index (χ0) is 48.2. The maximum Gasteiger partial charge on any atom is 0.306 e. The van der Waals surface area contributed by atoms with Crippen molar-refractivity contribution in [3.63, 3.8) is 0 Å². The Kier molecular flexibility index (Phi) is 51.5. The fourth-order valence-electron chi connectivity index (χ4n) is 9.20. The molecule has 0 aliphatic carbocycles. The van der Waals surface area contributed by atoms with Gasteiger partial charge in [-0.1, -0.05) is 298 Å². The van der Waals surface area contributed by atoms with E-state index in [1.165, 1.54) is 225 Å². The summed E-state index contributed by atoms with van der Waals surface area (Å²) >= 11 is 0. The van der Waals surface area contributed by atoms with Gasteiger partial charge in [0.05, 0.1) is 0 Å². The monoisotopic (exact) mass is 933 g/mol. The molecule has 0 aromatic carbocycles. The number of ether oxygens (including phenoxy) is 3. The molecule has 6 heteroatoms. The highest BCUT2D eigenvalue weighted by atomic mass is 16.6. The van der Waals surface area contributed by atoms with Crippen molar-refractivity contribution in [2.24, 2.45) is 11.8 Å². The average Bonchev–Trinajstić information content (AvgIpc) is 3.30. The van der Waals surface area contributed by atoms with Crippen LogP contribution in [0.3, 0.4) is 0 Å². The lowest BCUT2D eigenvalue weighted by Crippen LogP contribution is -2.30. The van der Waals surface area contributed by atoms with Crippen molar-refractivity contribution in [2.75, 3.05) is 13.2 Å². The summed E-state index contributed by atoms with van der Waals surface area (Å²) in [6.07, 6.45) is 56.7. The number of rotatable bonds is 54. The first kappa shape index (κ1) is 64.4. The average molecular weight is 934 g/mol. The molecule has 392 valence electrons. The van der Waals surface area contributed by atoms with Crippen molar-refractivity contribution >= 4 is 17.9 Å². The first-order valence-corrected chi connectivity index (χ1v) is 29.8. The van der Waals surface area contributed by atoms with Crippen LogP contribution in [0.5, 0.6) is 0 Å². The van der Waals surface area contributed by atoms with Gasteiger partial charge in [0.1, 0.15) is 13.2 Å². The fraction of sp³-hybridized carbons (Fsp3) is 0.950. The molecule has 0 aliphatic heterocycles. The van der Waals surface area contributed by atoms with Gasteiger partial charge in [-0.2, -0.15) is 0 Å².